The number of urea groups is 1. The van der Waals surface area contributed by atoms with Gasteiger partial charge in [0, 0.05) is 12.5 Å². The molecule has 0 bridgehead atoms. The van der Waals surface area contributed by atoms with Crippen LogP contribution in [0, 0.1) is 12.7 Å². The van der Waals surface area contributed by atoms with Crippen LogP contribution in [-0.2, 0) is 0 Å². The molecule has 1 aliphatic carbocycles. The van der Waals surface area contributed by atoms with E-state index in [-0.39, 0.29) is 23.9 Å². The third-order valence-electron chi connectivity index (χ3n) is 6.00. The zero-order valence-corrected chi connectivity index (χ0v) is 16.4. The monoisotopic (exact) mass is 386 g/mol. The fourth-order valence-electron chi connectivity index (χ4n) is 4.10. The third kappa shape index (κ3) is 3.75. The molecule has 2 fully saturated rings. The highest BCUT2D eigenvalue weighted by Crippen LogP contribution is 2.37. The molecule has 0 spiro atoms. The summed E-state index contributed by atoms with van der Waals surface area (Å²) in [6.07, 6.45) is 6.22. The standard InChI is InChI=1S/C21H27FN4O2/c1-13-12-16(22)9-10-17(13)14(2)23-21(27)26-11-4-3-8-18(26)20-25-24-19(28-20)15-6-5-7-15/h9-10,12,14-15,18H,3-8,11H2,1-2H3,(H,23,27)/t14-,18?/m1/s1. The van der Waals surface area contributed by atoms with Crippen molar-refractivity contribution in [2.24, 2.45) is 0 Å². The maximum Gasteiger partial charge on any atom is 0.318 e. The Kier molecular flexibility index (Phi) is 5.33. The van der Waals surface area contributed by atoms with Crippen molar-refractivity contribution in [1.82, 2.24) is 20.4 Å². The molecule has 1 saturated carbocycles. The number of carbonyl (C=O) groups is 1. The maximum atomic E-state index is 13.4. The number of hydrogen-bond donors (Lipinski definition) is 1. The maximum absolute atomic E-state index is 13.4. The lowest BCUT2D eigenvalue weighted by atomic mass is 9.85. The van der Waals surface area contributed by atoms with Crippen LogP contribution in [0.3, 0.4) is 0 Å². The van der Waals surface area contributed by atoms with Crippen molar-refractivity contribution in [3.05, 3.63) is 46.9 Å². The predicted molar refractivity (Wildman–Crippen MR) is 102 cm³/mol. The number of nitrogens with zero attached hydrogens (tertiary/aromatic N) is 3. The molecule has 2 heterocycles. The highest BCUT2D eigenvalue weighted by molar-refractivity contribution is 5.75. The van der Waals surface area contributed by atoms with Gasteiger partial charge in [-0.1, -0.05) is 12.5 Å². The normalized spacial score (nSPS) is 21.2. The summed E-state index contributed by atoms with van der Waals surface area (Å²) in [6, 6.07) is 4.09. The van der Waals surface area contributed by atoms with Crippen LogP contribution in [0.2, 0.25) is 0 Å². The van der Waals surface area contributed by atoms with Gasteiger partial charge in [-0.15, -0.1) is 10.2 Å². The van der Waals surface area contributed by atoms with E-state index in [0.717, 1.165) is 43.2 Å². The van der Waals surface area contributed by atoms with E-state index < -0.39 is 0 Å². The number of likely N-dealkylation sites (tertiary alicyclic amines) is 1. The van der Waals surface area contributed by atoms with Crippen LogP contribution in [0.5, 0.6) is 0 Å². The van der Waals surface area contributed by atoms with Gasteiger partial charge in [0.2, 0.25) is 11.8 Å². The van der Waals surface area contributed by atoms with Gasteiger partial charge in [0.05, 0.1) is 6.04 Å². The quantitative estimate of drug-likeness (QED) is 0.821. The Balaban J connectivity index is 1.47. The number of amides is 2. The molecule has 2 aromatic rings. The number of aryl methyl sites for hydroxylation is 1. The Morgan fingerprint density at radius 2 is 2.00 bits per heavy atom. The second-order valence-electron chi connectivity index (χ2n) is 7.98. The Morgan fingerprint density at radius 1 is 1.21 bits per heavy atom. The van der Waals surface area contributed by atoms with E-state index >= 15 is 0 Å². The molecule has 28 heavy (non-hydrogen) atoms. The Hall–Kier alpha value is -2.44. The van der Waals surface area contributed by atoms with Gasteiger partial charge >= 0.3 is 6.03 Å². The molecule has 6 nitrogen and oxygen atoms in total. The second-order valence-corrected chi connectivity index (χ2v) is 7.98. The average Bonchev–Trinajstić information content (AvgIpc) is 3.09. The highest BCUT2D eigenvalue weighted by Gasteiger charge is 2.34. The van der Waals surface area contributed by atoms with Crippen LogP contribution >= 0.6 is 0 Å². The molecule has 1 saturated heterocycles. The highest BCUT2D eigenvalue weighted by atomic mass is 19.1. The van der Waals surface area contributed by atoms with E-state index in [2.05, 4.69) is 15.5 Å². The van der Waals surface area contributed by atoms with Gasteiger partial charge in [-0.25, -0.2) is 9.18 Å². The van der Waals surface area contributed by atoms with Gasteiger partial charge in [0.1, 0.15) is 11.9 Å². The van der Waals surface area contributed by atoms with Gasteiger partial charge < -0.3 is 14.6 Å². The Bertz CT molecular complexity index is 849. The van der Waals surface area contributed by atoms with Crippen molar-refractivity contribution in [3.63, 3.8) is 0 Å². The number of aromatic nitrogens is 2. The third-order valence-corrected chi connectivity index (χ3v) is 6.00. The van der Waals surface area contributed by atoms with E-state index in [4.69, 9.17) is 4.42 Å². The molecule has 1 aromatic carbocycles. The molecule has 2 amide bonds. The number of carbonyl (C=O) groups excluding carboxylic acids is 1. The summed E-state index contributed by atoms with van der Waals surface area (Å²) in [5, 5.41) is 11.5. The van der Waals surface area contributed by atoms with Gasteiger partial charge in [-0.05, 0) is 69.2 Å². The molecule has 2 atom stereocenters. The van der Waals surface area contributed by atoms with Crippen LogP contribution in [0.25, 0.3) is 0 Å². The first kappa shape index (κ1) is 18.9. The van der Waals surface area contributed by atoms with Crippen LogP contribution in [0.4, 0.5) is 9.18 Å². The zero-order chi connectivity index (χ0) is 19.7. The molecule has 1 aromatic heterocycles. The largest absolute Gasteiger partial charge is 0.423 e. The van der Waals surface area contributed by atoms with E-state index in [0.29, 0.717) is 24.2 Å². The summed E-state index contributed by atoms with van der Waals surface area (Å²) >= 11 is 0. The summed E-state index contributed by atoms with van der Waals surface area (Å²) < 4.78 is 19.3. The van der Waals surface area contributed by atoms with Gasteiger partial charge in [0.15, 0.2) is 0 Å². The van der Waals surface area contributed by atoms with E-state index in [1.807, 2.05) is 13.8 Å². The summed E-state index contributed by atoms with van der Waals surface area (Å²) in [4.78, 5) is 14.8. The number of rotatable bonds is 4. The van der Waals surface area contributed by atoms with E-state index in [1.54, 1.807) is 11.0 Å². The predicted octanol–water partition coefficient (Wildman–Crippen LogP) is 4.78. The van der Waals surface area contributed by atoms with Crippen LogP contribution < -0.4 is 5.32 Å². The fraction of sp³-hybridized carbons (Fsp3) is 0.571. The molecule has 7 heteroatoms. The van der Waals surface area contributed by atoms with Crippen molar-refractivity contribution in [2.75, 3.05) is 6.54 Å². The van der Waals surface area contributed by atoms with E-state index in [9.17, 15) is 9.18 Å². The zero-order valence-electron chi connectivity index (χ0n) is 16.4. The topological polar surface area (TPSA) is 71.3 Å². The van der Waals surface area contributed by atoms with Crippen LogP contribution in [0.15, 0.2) is 22.6 Å². The van der Waals surface area contributed by atoms with Crippen LogP contribution in [0.1, 0.15) is 86.4 Å². The lowest BCUT2D eigenvalue weighted by Crippen LogP contribution is -2.45. The molecule has 1 unspecified atom stereocenters. The van der Waals surface area contributed by atoms with Gasteiger partial charge in [-0.2, -0.15) is 0 Å². The first-order valence-corrected chi connectivity index (χ1v) is 10.2. The minimum absolute atomic E-state index is 0.149. The number of hydrogen-bond acceptors (Lipinski definition) is 4. The number of nitrogens with one attached hydrogen (secondary N) is 1. The molecule has 1 N–H and O–H groups in total. The Labute approximate surface area is 164 Å². The molecular formula is C21H27FN4O2. The molecule has 4 rings (SSSR count). The smallest absolute Gasteiger partial charge is 0.318 e. The fourth-order valence-corrected chi connectivity index (χ4v) is 4.10. The van der Waals surface area contributed by atoms with Crippen molar-refractivity contribution >= 4 is 6.03 Å². The first-order chi connectivity index (χ1) is 13.5. The van der Waals surface area contributed by atoms with Gasteiger partial charge in [0.25, 0.3) is 0 Å². The molecule has 2 aliphatic rings. The first-order valence-electron chi connectivity index (χ1n) is 10.2. The van der Waals surface area contributed by atoms with Crippen molar-refractivity contribution in [2.45, 2.75) is 70.4 Å². The lowest BCUT2D eigenvalue weighted by molar-refractivity contribution is 0.132. The Morgan fingerprint density at radius 3 is 2.71 bits per heavy atom. The summed E-state index contributed by atoms with van der Waals surface area (Å²) in [5.41, 5.74) is 1.73. The summed E-state index contributed by atoms with van der Waals surface area (Å²) in [7, 11) is 0. The van der Waals surface area contributed by atoms with Gasteiger partial charge in [-0.3, -0.25) is 0 Å². The molecule has 0 radical (unpaired) electrons. The minimum atomic E-state index is -0.269. The average molecular weight is 386 g/mol. The van der Waals surface area contributed by atoms with E-state index in [1.165, 1.54) is 18.6 Å². The van der Waals surface area contributed by atoms with Crippen molar-refractivity contribution < 1.29 is 13.6 Å². The second kappa shape index (κ2) is 7.89. The SMILES string of the molecule is Cc1cc(F)ccc1[C@@H](C)NC(=O)N1CCCCC1c1nnc(C2CCC2)o1. The van der Waals surface area contributed by atoms with Crippen molar-refractivity contribution in [3.8, 4) is 0 Å². The minimum Gasteiger partial charge on any atom is -0.423 e. The summed E-state index contributed by atoms with van der Waals surface area (Å²) in [6.45, 7) is 4.43. The molecule has 1 aliphatic heterocycles. The molecule has 150 valence electrons. The van der Waals surface area contributed by atoms with Crippen LogP contribution in [-0.4, -0.2) is 27.7 Å². The molecular weight excluding hydrogens is 359 g/mol. The number of piperidine rings is 1. The lowest BCUT2D eigenvalue weighted by Gasteiger charge is -2.34. The summed E-state index contributed by atoms with van der Waals surface area (Å²) in [5.74, 6) is 1.37. The van der Waals surface area contributed by atoms with Crippen molar-refractivity contribution in [1.29, 1.82) is 0 Å². The number of halogens is 1. The number of benzene rings is 1.